The summed E-state index contributed by atoms with van der Waals surface area (Å²) in [5.74, 6) is 1.26. The van der Waals surface area contributed by atoms with E-state index in [4.69, 9.17) is 4.74 Å². The lowest BCUT2D eigenvalue weighted by atomic mass is 9.85. The number of aromatic nitrogens is 2. The fourth-order valence-electron chi connectivity index (χ4n) is 6.49. The van der Waals surface area contributed by atoms with Crippen LogP contribution in [0.5, 0.6) is 0 Å². The van der Waals surface area contributed by atoms with Gasteiger partial charge in [-0.05, 0) is 80.2 Å². The first-order valence-corrected chi connectivity index (χ1v) is 12.8. The van der Waals surface area contributed by atoms with Crippen LogP contribution in [0.25, 0.3) is 11.3 Å². The molecule has 36 heavy (non-hydrogen) atoms. The van der Waals surface area contributed by atoms with Crippen molar-refractivity contribution in [3.8, 4) is 11.3 Å². The number of alkyl halides is 3. The molecule has 4 heterocycles. The van der Waals surface area contributed by atoms with Crippen LogP contribution >= 0.6 is 0 Å². The average molecular weight is 502 g/mol. The molecule has 1 aromatic heterocycles. The van der Waals surface area contributed by atoms with Crippen molar-refractivity contribution in [3.05, 3.63) is 35.4 Å². The number of fused-ring (bicyclic) bond motifs is 2. The Kier molecular flexibility index (Phi) is 6.11. The highest BCUT2D eigenvalue weighted by atomic mass is 19.4. The zero-order chi connectivity index (χ0) is 24.9. The van der Waals surface area contributed by atoms with Crippen LogP contribution in [-0.2, 0) is 22.1 Å². The number of hydrogen-bond donors (Lipinski definition) is 3. The molecular weight excluding hydrogens is 471 g/mol. The van der Waals surface area contributed by atoms with Gasteiger partial charge in [-0.25, -0.2) is 0 Å². The number of benzene rings is 1. The molecule has 2 saturated heterocycles. The lowest BCUT2D eigenvalue weighted by Gasteiger charge is -2.28. The lowest BCUT2D eigenvalue weighted by Crippen LogP contribution is -2.33. The van der Waals surface area contributed by atoms with Gasteiger partial charge in [0.15, 0.2) is 5.82 Å². The number of anilines is 2. The van der Waals surface area contributed by atoms with E-state index in [1.54, 1.807) is 18.2 Å². The maximum absolute atomic E-state index is 14.1. The standard InChI is InChI=1S/C26H30F3N5O2/c27-26(28,29)20-12-22(15-1-2-21-16(8-15)10-24(35)32-21)33-34-25(20)31-18-9-17-13-30-23(19(17)11-18)7-14-3-5-36-6-4-14/h1-2,8,12,14,17-19,23,30H,3-7,9-11,13H2,(H,31,34)(H,32,35)/t17-,18+,19+,23+/m1/s1. The Hall–Kier alpha value is -2.72. The largest absolute Gasteiger partial charge is 0.420 e. The van der Waals surface area contributed by atoms with Crippen LogP contribution in [0.2, 0.25) is 0 Å². The van der Waals surface area contributed by atoms with Gasteiger partial charge in [0.1, 0.15) is 5.56 Å². The second-order valence-electron chi connectivity index (χ2n) is 10.6. The third-order valence-corrected chi connectivity index (χ3v) is 8.30. The van der Waals surface area contributed by atoms with Gasteiger partial charge >= 0.3 is 6.18 Å². The molecule has 10 heteroatoms. The van der Waals surface area contributed by atoms with Crippen LogP contribution in [0.4, 0.5) is 24.7 Å². The van der Waals surface area contributed by atoms with Gasteiger partial charge in [-0.2, -0.15) is 13.2 Å². The molecule has 0 radical (unpaired) electrons. The van der Waals surface area contributed by atoms with Crippen molar-refractivity contribution in [2.45, 2.75) is 56.8 Å². The van der Waals surface area contributed by atoms with Crippen LogP contribution in [0.3, 0.4) is 0 Å². The number of nitrogens with zero attached hydrogens (tertiary/aromatic N) is 2. The number of nitrogens with one attached hydrogen (secondary N) is 3. The summed E-state index contributed by atoms with van der Waals surface area (Å²) < 4.78 is 47.7. The van der Waals surface area contributed by atoms with Crippen LogP contribution in [0.1, 0.15) is 43.2 Å². The molecule has 0 unspecified atom stereocenters. The van der Waals surface area contributed by atoms with Crippen molar-refractivity contribution in [1.29, 1.82) is 0 Å². The van der Waals surface area contributed by atoms with Gasteiger partial charge in [-0.15, -0.1) is 10.2 Å². The smallest absolute Gasteiger partial charge is 0.381 e. The second kappa shape index (κ2) is 9.30. The lowest BCUT2D eigenvalue weighted by molar-refractivity contribution is -0.137. The molecule has 1 amide bonds. The van der Waals surface area contributed by atoms with Crippen LogP contribution in [0.15, 0.2) is 24.3 Å². The molecule has 1 aromatic carbocycles. The molecule has 6 rings (SSSR count). The van der Waals surface area contributed by atoms with Gasteiger partial charge in [-0.1, -0.05) is 6.07 Å². The fourth-order valence-corrected chi connectivity index (χ4v) is 6.49. The Morgan fingerprint density at radius 3 is 2.75 bits per heavy atom. The molecule has 3 N–H and O–H groups in total. The first kappa shape index (κ1) is 23.7. The van der Waals surface area contributed by atoms with Crippen molar-refractivity contribution in [3.63, 3.8) is 0 Å². The van der Waals surface area contributed by atoms with E-state index in [1.807, 2.05) is 0 Å². The SMILES string of the molecule is O=C1Cc2cc(-c3cc(C(F)(F)F)c(N[C@H]4C[C@@H]5CN[C@@H](CC6CCOCC6)[C@H]5C4)nn3)ccc2N1. The summed E-state index contributed by atoms with van der Waals surface area (Å²) in [4.78, 5) is 11.6. The van der Waals surface area contributed by atoms with E-state index in [2.05, 4.69) is 26.1 Å². The number of carbonyl (C=O) groups excluding carboxylic acids is 1. The molecule has 0 spiro atoms. The summed E-state index contributed by atoms with van der Waals surface area (Å²) >= 11 is 0. The van der Waals surface area contributed by atoms with Gasteiger partial charge in [0.05, 0.1) is 12.1 Å². The van der Waals surface area contributed by atoms with Crippen molar-refractivity contribution in [1.82, 2.24) is 15.5 Å². The van der Waals surface area contributed by atoms with E-state index in [1.165, 1.54) is 0 Å². The highest BCUT2D eigenvalue weighted by molar-refractivity contribution is 5.99. The number of halogens is 3. The van der Waals surface area contributed by atoms with Gasteiger partial charge in [0, 0.05) is 36.5 Å². The summed E-state index contributed by atoms with van der Waals surface area (Å²) in [6.45, 7) is 2.57. The summed E-state index contributed by atoms with van der Waals surface area (Å²) in [6, 6.07) is 6.48. The van der Waals surface area contributed by atoms with Gasteiger partial charge in [0.2, 0.25) is 5.91 Å². The normalized spacial score (nSPS) is 28.1. The van der Waals surface area contributed by atoms with Gasteiger partial charge < -0.3 is 20.7 Å². The molecule has 1 saturated carbocycles. The van der Waals surface area contributed by atoms with Crippen molar-refractivity contribution < 1.29 is 22.7 Å². The van der Waals surface area contributed by atoms with Gasteiger partial charge in [0.25, 0.3) is 0 Å². The molecule has 4 aliphatic rings. The Labute approximate surface area is 207 Å². The number of rotatable bonds is 5. The van der Waals surface area contributed by atoms with E-state index in [-0.39, 0.29) is 29.9 Å². The zero-order valence-electron chi connectivity index (χ0n) is 19.9. The zero-order valence-corrected chi connectivity index (χ0v) is 19.9. The van der Waals surface area contributed by atoms with E-state index in [0.29, 0.717) is 35.0 Å². The van der Waals surface area contributed by atoms with Crippen LogP contribution in [0, 0.1) is 17.8 Å². The predicted molar refractivity (Wildman–Crippen MR) is 128 cm³/mol. The predicted octanol–water partition coefficient (Wildman–Crippen LogP) is 4.25. The molecule has 3 aliphatic heterocycles. The highest BCUT2D eigenvalue weighted by Gasteiger charge is 2.45. The first-order valence-electron chi connectivity index (χ1n) is 12.8. The first-order chi connectivity index (χ1) is 17.3. The molecule has 7 nitrogen and oxygen atoms in total. The van der Waals surface area contributed by atoms with Crippen LogP contribution in [-0.4, -0.2) is 47.9 Å². The molecule has 3 fully saturated rings. The third kappa shape index (κ3) is 4.68. The molecule has 4 atom stereocenters. The minimum Gasteiger partial charge on any atom is -0.381 e. The quantitative estimate of drug-likeness (QED) is 0.568. The summed E-state index contributed by atoms with van der Waals surface area (Å²) in [7, 11) is 0. The molecule has 0 bridgehead atoms. The number of carbonyl (C=O) groups is 1. The van der Waals surface area contributed by atoms with E-state index in [9.17, 15) is 18.0 Å². The Bertz CT molecular complexity index is 1150. The van der Waals surface area contributed by atoms with Crippen LogP contribution < -0.4 is 16.0 Å². The van der Waals surface area contributed by atoms with E-state index >= 15 is 0 Å². The summed E-state index contributed by atoms with van der Waals surface area (Å²) in [5.41, 5.74) is 1.27. The summed E-state index contributed by atoms with van der Waals surface area (Å²) in [5, 5.41) is 17.6. The average Bonchev–Trinajstić information content (AvgIpc) is 3.53. The second-order valence-corrected chi connectivity index (χ2v) is 10.6. The van der Waals surface area contributed by atoms with Crippen molar-refractivity contribution >= 4 is 17.4 Å². The van der Waals surface area contributed by atoms with E-state index in [0.717, 1.165) is 63.5 Å². The highest BCUT2D eigenvalue weighted by Crippen LogP contribution is 2.43. The third-order valence-electron chi connectivity index (χ3n) is 8.30. The molecular formula is C26H30F3N5O2. The maximum atomic E-state index is 14.1. The minimum atomic E-state index is -4.57. The Morgan fingerprint density at radius 2 is 1.94 bits per heavy atom. The fraction of sp³-hybridized carbons (Fsp3) is 0.577. The van der Waals surface area contributed by atoms with Crippen molar-refractivity contribution in [2.24, 2.45) is 17.8 Å². The number of ether oxygens (including phenoxy) is 1. The Morgan fingerprint density at radius 1 is 1.11 bits per heavy atom. The molecule has 192 valence electrons. The minimum absolute atomic E-state index is 0.0578. The number of amides is 1. The molecule has 2 aromatic rings. The van der Waals surface area contributed by atoms with Gasteiger partial charge in [-0.3, -0.25) is 4.79 Å². The maximum Gasteiger partial charge on any atom is 0.420 e. The van der Waals surface area contributed by atoms with E-state index < -0.39 is 11.7 Å². The summed E-state index contributed by atoms with van der Waals surface area (Å²) in [6.07, 6.45) is 0.587. The molecule has 1 aliphatic carbocycles. The monoisotopic (exact) mass is 501 g/mol. The topological polar surface area (TPSA) is 88.2 Å². The Balaban J connectivity index is 1.18. The number of hydrogen-bond acceptors (Lipinski definition) is 6. The van der Waals surface area contributed by atoms with Crippen molar-refractivity contribution in [2.75, 3.05) is 30.4 Å².